The van der Waals surface area contributed by atoms with Crippen molar-refractivity contribution in [3.63, 3.8) is 0 Å². The molecule has 2 atom stereocenters. The van der Waals surface area contributed by atoms with Crippen molar-refractivity contribution in [2.24, 2.45) is 0 Å². The number of allylic oxidation sites excluding steroid dienone is 1. The number of benzene rings is 1. The zero-order valence-electron chi connectivity index (χ0n) is 13.1. The van der Waals surface area contributed by atoms with E-state index in [1.54, 1.807) is 0 Å². The zero-order chi connectivity index (χ0) is 15.1. The average molecular weight is 306 g/mol. The molecule has 0 aromatic heterocycles. The Bertz CT molecular complexity index is 495. The summed E-state index contributed by atoms with van der Waals surface area (Å²) in [4.78, 5) is 0. The summed E-state index contributed by atoms with van der Waals surface area (Å²) in [7, 11) is -0.786. The lowest BCUT2D eigenvalue weighted by molar-refractivity contribution is 0.209. The van der Waals surface area contributed by atoms with Crippen LogP contribution in [0.15, 0.2) is 36.6 Å². The summed E-state index contributed by atoms with van der Waals surface area (Å²) in [6, 6.07) is 10.2. The Hall–Kier alpha value is -1.09. The van der Waals surface area contributed by atoms with E-state index in [2.05, 4.69) is 19.1 Å². The third kappa shape index (κ3) is 4.70. The van der Waals surface area contributed by atoms with E-state index in [-0.39, 0.29) is 4.75 Å². The zero-order valence-corrected chi connectivity index (χ0v) is 14.0. The first-order valence-corrected chi connectivity index (χ1v) is 9.16. The minimum Gasteiger partial charge on any atom is -0.499 e. The largest absolute Gasteiger partial charge is 0.499 e. The highest BCUT2D eigenvalue weighted by Crippen LogP contribution is 2.27. The molecule has 0 amide bonds. The Labute approximate surface area is 131 Å². The van der Waals surface area contributed by atoms with Gasteiger partial charge in [-0.05, 0) is 37.8 Å². The van der Waals surface area contributed by atoms with Crippen LogP contribution >= 0.6 is 0 Å². The van der Waals surface area contributed by atoms with Gasteiger partial charge in [-0.2, -0.15) is 0 Å². The van der Waals surface area contributed by atoms with Crippen LogP contribution in [0.1, 0.15) is 51.5 Å². The lowest BCUT2D eigenvalue weighted by Crippen LogP contribution is -2.37. The summed E-state index contributed by atoms with van der Waals surface area (Å²) < 4.78 is 18.0. The van der Waals surface area contributed by atoms with Gasteiger partial charge in [0.05, 0.1) is 11.0 Å². The van der Waals surface area contributed by atoms with Crippen molar-refractivity contribution in [1.82, 2.24) is 0 Å². The Morgan fingerprint density at radius 3 is 2.71 bits per heavy atom. The highest BCUT2D eigenvalue weighted by molar-refractivity contribution is 7.86. The first-order chi connectivity index (χ1) is 10.1. The van der Waals surface area contributed by atoms with Crippen LogP contribution in [0.2, 0.25) is 0 Å². The molecule has 21 heavy (non-hydrogen) atoms. The van der Waals surface area contributed by atoms with E-state index in [9.17, 15) is 4.21 Å². The smallest absolute Gasteiger partial charge is 0.104 e. The molecule has 1 aromatic rings. The van der Waals surface area contributed by atoms with Crippen molar-refractivity contribution in [3.05, 3.63) is 42.2 Å². The topological polar surface area (TPSA) is 26.3 Å². The summed E-state index contributed by atoms with van der Waals surface area (Å²) in [6.07, 6.45) is 7.53. The fraction of sp³-hybridized carbons (Fsp3) is 0.556. The molecule has 116 valence electrons. The van der Waals surface area contributed by atoms with E-state index in [1.807, 2.05) is 31.4 Å². The number of ether oxygens (including phenoxy) is 1. The first kappa shape index (κ1) is 16.3. The van der Waals surface area contributed by atoms with Gasteiger partial charge < -0.3 is 4.74 Å². The van der Waals surface area contributed by atoms with Gasteiger partial charge in [0.15, 0.2) is 0 Å². The molecule has 0 bridgehead atoms. The van der Waals surface area contributed by atoms with Gasteiger partial charge in [0, 0.05) is 16.6 Å². The number of rotatable bonds is 4. The second kappa shape index (κ2) is 7.79. The second-order valence-electron chi connectivity index (χ2n) is 6.14. The molecule has 1 saturated heterocycles. The lowest BCUT2D eigenvalue weighted by Gasteiger charge is -2.30. The molecule has 0 aliphatic carbocycles. The summed E-state index contributed by atoms with van der Waals surface area (Å²) in [5.74, 6) is 0.821. The van der Waals surface area contributed by atoms with Crippen LogP contribution in [0, 0.1) is 0 Å². The predicted molar refractivity (Wildman–Crippen MR) is 90.5 cm³/mol. The van der Waals surface area contributed by atoms with Crippen LogP contribution in [0.5, 0.6) is 0 Å². The summed E-state index contributed by atoms with van der Waals surface area (Å²) in [6.45, 7) is 4.71. The molecule has 1 fully saturated rings. The van der Waals surface area contributed by atoms with Crippen LogP contribution in [0.25, 0.3) is 5.57 Å². The molecule has 1 heterocycles. The lowest BCUT2D eigenvalue weighted by atomic mass is 10.0. The molecule has 0 saturated carbocycles. The van der Waals surface area contributed by atoms with E-state index in [0.717, 1.165) is 30.6 Å². The van der Waals surface area contributed by atoms with Crippen LogP contribution < -0.4 is 0 Å². The van der Waals surface area contributed by atoms with E-state index < -0.39 is 10.8 Å². The summed E-state index contributed by atoms with van der Waals surface area (Å²) >= 11 is 0. The van der Waals surface area contributed by atoms with Crippen molar-refractivity contribution in [1.29, 1.82) is 0 Å². The van der Waals surface area contributed by atoms with Gasteiger partial charge in [0.1, 0.15) is 6.61 Å². The maximum absolute atomic E-state index is 12.4. The molecule has 0 spiro atoms. The predicted octanol–water partition coefficient (Wildman–Crippen LogP) is 4.54. The molecule has 2 rings (SSSR count). The van der Waals surface area contributed by atoms with Crippen molar-refractivity contribution in [2.75, 3.05) is 12.4 Å². The van der Waals surface area contributed by atoms with E-state index >= 15 is 0 Å². The Kier molecular flexibility index (Phi) is 6.04. The van der Waals surface area contributed by atoms with Gasteiger partial charge in [0.25, 0.3) is 0 Å². The first-order valence-electron chi connectivity index (χ1n) is 7.84. The van der Waals surface area contributed by atoms with Gasteiger partial charge in [-0.15, -0.1) is 0 Å². The quantitative estimate of drug-likeness (QED) is 0.764. The Morgan fingerprint density at radius 2 is 1.95 bits per heavy atom. The highest BCUT2D eigenvalue weighted by Gasteiger charge is 2.32. The van der Waals surface area contributed by atoms with Crippen molar-refractivity contribution >= 4 is 16.4 Å². The standard InChI is InChI=1S/C18H26O2S/c1-16(17-10-6-5-7-11-17)14-20-15-18(2)12-8-3-4-9-13-21(18)19/h5-7,10-11,14H,3-4,8-9,12-13,15H2,1-2H3/b16-14-. The molecule has 3 heteroatoms. The molecule has 1 aliphatic rings. The van der Waals surface area contributed by atoms with Crippen LogP contribution in [0.3, 0.4) is 0 Å². The van der Waals surface area contributed by atoms with Crippen molar-refractivity contribution < 1.29 is 8.95 Å². The molecule has 2 unspecified atom stereocenters. The van der Waals surface area contributed by atoms with Crippen LogP contribution in [0.4, 0.5) is 0 Å². The fourth-order valence-electron chi connectivity index (χ4n) is 2.70. The SMILES string of the molecule is C/C(=C/OCC1(C)CCCCCCS1=O)c1ccccc1. The van der Waals surface area contributed by atoms with Crippen LogP contribution in [-0.2, 0) is 15.5 Å². The van der Waals surface area contributed by atoms with Gasteiger partial charge in [-0.25, -0.2) is 0 Å². The molecular weight excluding hydrogens is 280 g/mol. The minimum atomic E-state index is -0.786. The van der Waals surface area contributed by atoms with Gasteiger partial charge in [-0.1, -0.05) is 49.6 Å². The fourth-order valence-corrected chi connectivity index (χ4v) is 4.23. The van der Waals surface area contributed by atoms with E-state index in [4.69, 9.17) is 4.74 Å². The van der Waals surface area contributed by atoms with Gasteiger partial charge in [-0.3, -0.25) is 4.21 Å². The maximum Gasteiger partial charge on any atom is 0.104 e. The third-order valence-electron chi connectivity index (χ3n) is 4.21. The van der Waals surface area contributed by atoms with E-state index in [0.29, 0.717) is 6.61 Å². The average Bonchev–Trinajstić information content (AvgIpc) is 2.49. The highest BCUT2D eigenvalue weighted by atomic mass is 32.2. The summed E-state index contributed by atoms with van der Waals surface area (Å²) in [5, 5.41) is 0. The monoisotopic (exact) mass is 306 g/mol. The van der Waals surface area contributed by atoms with Crippen molar-refractivity contribution in [2.45, 2.75) is 50.7 Å². The van der Waals surface area contributed by atoms with E-state index in [1.165, 1.54) is 18.4 Å². The van der Waals surface area contributed by atoms with Gasteiger partial charge >= 0.3 is 0 Å². The second-order valence-corrected chi connectivity index (χ2v) is 8.23. The molecule has 0 radical (unpaired) electrons. The molecule has 0 N–H and O–H groups in total. The summed E-state index contributed by atoms with van der Waals surface area (Å²) in [5.41, 5.74) is 2.28. The van der Waals surface area contributed by atoms with Crippen molar-refractivity contribution in [3.8, 4) is 0 Å². The minimum absolute atomic E-state index is 0.201. The molecular formula is C18H26O2S. The molecule has 1 aliphatic heterocycles. The van der Waals surface area contributed by atoms with Gasteiger partial charge in [0.2, 0.25) is 0 Å². The number of hydrogen-bond donors (Lipinski definition) is 0. The van der Waals surface area contributed by atoms with Crippen LogP contribution in [-0.4, -0.2) is 21.3 Å². The Balaban J connectivity index is 1.95. The molecule has 1 aromatic carbocycles. The third-order valence-corrected chi connectivity index (χ3v) is 6.29. The number of hydrogen-bond acceptors (Lipinski definition) is 2. The Morgan fingerprint density at radius 1 is 1.24 bits per heavy atom. The molecule has 2 nitrogen and oxygen atoms in total. The maximum atomic E-state index is 12.4. The normalized spacial score (nSPS) is 27.7.